The van der Waals surface area contributed by atoms with E-state index in [9.17, 15) is 16.8 Å². The molecule has 8 nitrogen and oxygen atoms in total. The molecule has 3 aromatic carbocycles. The molecule has 0 atom stereocenters. The highest BCUT2D eigenvalue weighted by Gasteiger charge is 2.22. The van der Waals surface area contributed by atoms with E-state index in [0.29, 0.717) is 5.56 Å². The highest BCUT2D eigenvalue weighted by Crippen LogP contribution is 2.38. The van der Waals surface area contributed by atoms with Crippen LogP contribution in [-0.4, -0.2) is 29.7 Å². The molecule has 0 aliphatic heterocycles. The van der Waals surface area contributed by atoms with Gasteiger partial charge in [0, 0.05) is 0 Å². The zero-order chi connectivity index (χ0) is 24.9. The topological polar surface area (TPSA) is 111 Å². The average molecular weight is 523 g/mol. The SMILES string of the molecule is CCOc1cc(/C=N\NS(=O)(=O)c2ccc(C)cc2)cc(Cl)c1OS(=O)(=O)c1ccc(C)cc1. The van der Waals surface area contributed by atoms with E-state index in [2.05, 4.69) is 9.93 Å². The number of hydrogen-bond donors (Lipinski definition) is 1. The fraction of sp³-hybridized carbons (Fsp3) is 0.174. The quantitative estimate of drug-likeness (QED) is 0.253. The first-order valence-corrected chi connectivity index (χ1v) is 13.4. The molecule has 0 saturated heterocycles. The van der Waals surface area contributed by atoms with Gasteiger partial charge in [0.15, 0.2) is 5.75 Å². The van der Waals surface area contributed by atoms with E-state index in [4.69, 9.17) is 20.5 Å². The Balaban J connectivity index is 1.85. The molecule has 3 rings (SSSR count). The minimum Gasteiger partial charge on any atom is -0.490 e. The molecule has 3 aromatic rings. The van der Waals surface area contributed by atoms with Crippen molar-refractivity contribution in [2.45, 2.75) is 30.6 Å². The average Bonchev–Trinajstić information content (AvgIpc) is 2.77. The van der Waals surface area contributed by atoms with Crippen LogP contribution in [0.15, 0.2) is 75.6 Å². The second-order valence-electron chi connectivity index (χ2n) is 7.28. The number of hydrogen-bond acceptors (Lipinski definition) is 7. The summed E-state index contributed by atoms with van der Waals surface area (Å²) in [5.74, 6) is -0.116. The van der Waals surface area contributed by atoms with Crippen LogP contribution >= 0.6 is 11.6 Å². The fourth-order valence-corrected chi connectivity index (χ4v) is 4.86. The Bertz CT molecular complexity index is 1400. The lowest BCUT2D eigenvalue weighted by Gasteiger charge is -2.14. The second-order valence-corrected chi connectivity index (χ2v) is 10.9. The number of nitrogens with one attached hydrogen (secondary N) is 1. The Morgan fingerprint density at radius 3 is 2.03 bits per heavy atom. The number of ether oxygens (including phenoxy) is 1. The maximum absolute atomic E-state index is 12.7. The molecule has 11 heteroatoms. The smallest absolute Gasteiger partial charge is 0.339 e. The van der Waals surface area contributed by atoms with Crippen molar-refractivity contribution < 1.29 is 25.8 Å². The number of benzene rings is 3. The van der Waals surface area contributed by atoms with Gasteiger partial charge in [0.2, 0.25) is 5.75 Å². The van der Waals surface area contributed by atoms with Crippen molar-refractivity contribution in [2.75, 3.05) is 6.61 Å². The minimum atomic E-state index is -4.17. The van der Waals surface area contributed by atoms with E-state index >= 15 is 0 Å². The number of nitrogens with zero attached hydrogens (tertiary/aromatic N) is 1. The largest absolute Gasteiger partial charge is 0.490 e. The van der Waals surface area contributed by atoms with E-state index in [1.54, 1.807) is 31.2 Å². The number of sulfonamides is 1. The van der Waals surface area contributed by atoms with Crippen LogP contribution in [0.1, 0.15) is 23.6 Å². The molecule has 0 radical (unpaired) electrons. The van der Waals surface area contributed by atoms with Crippen molar-refractivity contribution in [3.63, 3.8) is 0 Å². The number of rotatable bonds is 9. The molecule has 0 amide bonds. The summed E-state index contributed by atoms with van der Waals surface area (Å²) in [6, 6.07) is 15.3. The van der Waals surface area contributed by atoms with Crippen molar-refractivity contribution in [2.24, 2.45) is 5.10 Å². The van der Waals surface area contributed by atoms with E-state index in [0.717, 1.165) is 11.1 Å². The summed E-state index contributed by atoms with van der Waals surface area (Å²) < 4.78 is 61.0. The number of aryl methyl sites for hydroxylation is 2. The van der Waals surface area contributed by atoms with Crippen LogP contribution in [0.4, 0.5) is 0 Å². The first kappa shape index (κ1) is 25.5. The third-order valence-electron chi connectivity index (χ3n) is 4.55. The van der Waals surface area contributed by atoms with Crippen LogP contribution in [-0.2, 0) is 20.1 Å². The monoisotopic (exact) mass is 522 g/mol. The first-order chi connectivity index (χ1) is 16.0. The summed E-state index contributed by atoms with van der Waals surface area (Å²) in [4.78, 5) is 2.15. The van der Waals surface area contributed by atoms with Crippen molar-refractivity contribution >= 4 is 38.0 Å². The van der Waals surface area contributed by atoms with Crippen LogP contribution in [0, 0.1) is 13.8 Å². The summed E-state index contributed by atoms with van der Waals surface area (Å²) >= 11 is 6.30. The molecule has 0 saturated carbocycles. The molecule has 0 unspecified atom stereocenters. The zero-order valence-corrected chi connectivity index (χ0v) is 21.0. The highest BCUT2D eigenvalue weighted by atomic mass is 35.5. The molecule has 0 aliphatic carbocycles. The lowest BCUT2D eigenvalue weighted by molar-refractivity contribution is 0.327. The number of halogens is 1. The molecule has 34 heavy (non-hydrogen) atoms. The van der Waals surface area contributed by atoms with Gasteiger partial charge in [0.05, 0.1) is 22.7 Å². The van der Waals surface area contributed by atoms with Crippen molar-refractivity contribution in [3.05, 3.63) is 82.4 Å². The van der Waals surface area contributed by atoms with Gasteiger partial charge in [-0.05, 0) is 62.7 Å². The van der Waals surface area contributed by atoms with Gasteiger partial charge in [-0.3, -0.25) is 0 Å². The maximum Gasteiger partial charge on any atom is 0.339 e. The van der Waals surface area contributed by atoms with Crippen LogP contribution in [0.3, 0.4) is 0 Å². The molecule has 180 valence electrons. The fourth-order valence-electron chi connectivity index (χ4n) is 2.81. The minimum absolute atomic E-state index is 0.0345. The Morgan fingerprint density at radius 1 is 0.912 bits per heavy atom. The molecule has 1 N–H and O–H groups in total. The predicted octanol–water partition coefficient (Wildman–Crippen LogP) is 4.44. The predicted molar refractivity (Wildman–Crippen MR) is 131 cm³/mol. The summed E-state index contributed by atoms with van der Waals surface area (Å²) in [6.45, 7) is 5.60. The number of hydrazone groups is 1. The standard InChI is InChI=1S/C23H23ClN2O6S2/c1-4-31-22-14-18(15-25-26-33(27,28)19-9-5-16(2)6-10-19)13-21(24)23(22)32-34(29,30)20-11-7-17(3)8-12-20/h5-15,26H,4H2,1-3H3/b25-15-. The Morgan fingerprint density at radius 2 is 1.47 bits per heavy atom. The zero-order valence-electron chi connectivity index (χ0n) is 18.6. The summed E-state index contributed by atoms with van der Waals surface area (Å²) in [5, 5.41) is 3.73. The van der Waals surface area contributed by atoms with Gasteiger partial charge in [0.25, 0.3) is 10.0 Å². The van der Waals surface area contributed by atoms with Gasteiger partial charge in [-0.1, -0.05) is 47.0 Å². The van der Waals surface area contributed by atoms with Crippen LogP contribution in [0.2, 0.25) is 5.02 Å². The van der Waals surface area contributed by atoms with Crippen LogP contribution in [0.25, 0.3) is 0 Å². The van der Waals surface area contributed by atoms with E-state index < -0.39 is 20.1 Å². The molecule has 0 bridgehead atoms. The molecule has 0 aromatic heterocycles. The van der Waals surface area contributed by atoms with Gasteiger partial charge >= 0.3 is 10.1 Å². The van der Waals surface area contributed by atoms with Gasteiger partial charge in [0.1, 0.15) is 4.90 Å². The third kappa shape index (κ3) is 6.28. The molecular formula is C23H23ClN2O6S2. The van der Waals surface area contributed by atoms with E-state index in [1.165, 1.54) is 42.6 Å². The summed E-state index contributed by atoms with van der Waals surface area (Å²) in [5.41, 5.74) is 2.18. The second kappa shape index (κ2) is 10.5. The van der Waals surface area contributed by atoms with Gasteiger partial charge in [-0.25, -0.2) is 4.83 Å². The maximum atomic E-state index is 12.7. The summed E-state index contributed by atoms with van der Waals surface area (Å²) in [6.07, 6.45) is 1.22. The molecule has 0 spiro atoms. The lowest BCUT2D eigenvalue weighted by atomic mass is 10.2. The van der Waals surface area contributed by atoms with Crippen LogP contribution in [0.5, 0.6) is 11.5 Å². The van der Waals surface area contributed by atoms with Gasteiger partial charge in [-0.15, -0.1) is 0 Å². The van der Waals surface area contributed by atoms with Crippen LogP contribution < -0.4 is 13.8 Å². The van der Waals surface area contributed by atoms with E-state index in [1.807, 2.05) is 13.8 Å². The Labute approximate surface area is 204 Å². The van der Waals surface area contributed by atoms with Gasteiger partial charge in [-0.2, -0.15) is 21.9 Å². The molecule has 0 aliphatic rings. The highest BCUT2D eigenvalue weighted by molar-refractivity contribution is 7.89. The van der Waals surface area contributed by atoms with Crippen molar-refractivity contribution in [3.8, 4) is 11.5 Å². The molecule has 0 fully saturated rings. The third-order valence-corrected chi connectivity index (χ3v) is 7.31. The lowest BCUT2D eigenvalue weighted by Crippen LogP contribution is -2.18. The summed E-state index contributed by atoms with van der Waals surface area (Å²) in [7, 11) is -8.03. The Hall–Kier alpha value is -3.08. The van der Waals surface area contributed by atoms with Crippen molar-refractivity contribution in [1.82, 2.24) is 4.83 Å². The van der Waals surface area contributed by atoms with Gasteiger partial charge < -0.3 is 8.92 Å². The van der Waals surface area contributed by atoms with E-state index in [-0.39, 0.29) is 32.9 Å². The Kier molecular flexibility index (Phi) is 7.86. The van der Waals surface area contributed by atoms with Crippen molar-refractivity contribution in [1.29, 1.82) is 0 Å². The molecule has 0 heterocycles. The normalized spacial score (nSPS) is 12.0. The molecular weight excluding hydrogens is 500 g/mol. The first-order valence-electron chi connectivity index (χ1n) is 10.1.